The summed E-state index contributed by atoms with van der Waals surface area (Å²) in [6.45, 7) is 3.13. The number of ether oxygens (including phenoxy) is 2. The zero-order valence-corrected chi connectivity index (χ0v) is 16.1. The summed E-state index contributed by atoms with van der Waals surface area (Å²) in [6.07, 6.45) is 1.67. The molecule has 0 spiro atoms. The Labute approximate surface area is 165 Å². The van der Waals surface area contributed by atoms with E-state index in [1.165, 1.54) is 11.3 Å². The second kappa shape index (κ2) is 8.36. The quantitative estimate of drug-likeness (QED) is 0.669. The number of carbonyl (C=O) groups is 1. The SMILES string of the molecule is COc1cc(N2CCOCC2)ccc1C(=O)NCc1nnc(-c2nccs2)o1. The van der Waals surface area contributed by atoms with Gasteiger partial charge in [-0.1, -0.05) is 0 Å². The van der Waals surface area contributed by atoms with Gasteiger partial charge in [-0.3, -0.25) is 4.79 Å². The lowest BCUT2D eigenvalue weighted by Crippen LogP contribution is -2.36. The van der Waals surface area contributed by atoms with Crippen molar-refractivity contribution in [1.82, 2.24) is 20.5 Å². The standard InChI is InChI=1S/C18H19N5O4S/c1-25-14-10-12(23-5-7-26-8-6-23)2-3-13(14)16(24)20-11-15-21-22-17(27-15)18-19-4-9-28-18/h2-4,9-10H,5-8,11H2,1H3,(H,20,24). The van der Waals surface area contributed by atoms with Gasteiger partial charge in [-0.15, -0.1) is 21.5 Å². The van der Waals surface area contributed by atoms with Gasteiger partial charge in [0.1, 0.15) is 5.75 Å². The van der Waals surface area contributed by atoms with Crippen LogP contribution in [-0.2, 0) is 11.3 Å². The van der Waals surface area contributed by atoms with Gasteiger partial charge in [0.2, 0.25) is 5.89 Å². The summed E-state index contributed by atoms with van der Waals surface area (Å²) >= 11 is 1.41. The predicted molar refractivity (Wildman–Crippen MR) is 103 cm³/mol. The van der Waals surface area contributed by atoms with Gasteiger partial charge >= 0.3 is 0 Å². The fourth-order valence-electron chi connectivity index (χ4n) is 2.88. The van der Waals surface area contributed by atoms with Crippen molar-refractivity contribution < 1.29 is 18.7 Å². The number of hydrogen-bond donors (Lipinski definition) is 1. The molecule has 0 aliphatic carbocycles. The first-order valence-corrected chi connectivity index (χ1v) is 9.64. The summed E-state index contributed by atoms with van der Waals surface area (Å²) in [4.78, 5) is 18.9. The van der Waals surface area contributed by atoms with Crippen molar-refractivity contribution in [3.8, 4) is 16.6 Å². The fraction of sp³-hybridized carbons (Fsp3) is 0.333. The number of hydrogen-bond acceptors (Lipinski definition) is 9. The Kier molecular flexibility index (Phi) is 5.49. The molecule has 0 saturated carbocycles. The monoisotopic (exact) mass is 401 g/mol. The van der Waals surface area contributed by atoms with Crippen molar-refractivity contribution in [2.45, 2.75) is 6.54 Å². The van der Waals surface area contributed by atoms with Gasteiger partial charge in [0.05, 0.1) is 32.4 Å². The van der Waals surface area contributed by atoms with Crippen LogP contribution in [0.4, 0.5) is 5.69 Å². The molecule has 1 aromatic carbocycles. The molecule has 3 aromatic rings. The topological polar surface area (TPSA) is 103 Å². The Morgan fingerprint density at radius 2 is 2.18 bits per heavy atom. The molecular weight excluding hydrogens is 382 g/mol. The molecule has 28 heavy (non-hydrogen) atoms. The van der Waals surface area contributed by atoms with E-state index in [1.807, 2.05) is 17.5 Å². The summed E-state index contributed by atoms with van der Waals surface area (Å²) in [5, 5.41) is 13.1. The van der Waals surface area contributed by atoms with Crippen LogP contribution in [0.3, 0.4) is 0 Å². The predicted octanol–water partition coefficient (Wildman–Crippen LogP) is 1.97. The van der Waals surface area contributed by atoms with E-state index >= 15 is 0 Å². The number of benzene rings is 1. The van der Waals surface area contributed by atoms with Crippen molar-refractivity contribution in [3.05, 3.63) is 41.2 Å². The Balaban J connectivity index is 1.42. The van der Waals surface area contributed by atoms with Crippen LogP contribution in [0, 0.1) is 0 Å². The molecule has 1 fully saturated rings. The minimum Gasteiger partial charge on any atom is -0.496 e. The number of thiazole rings is 1. The third kappa shape index (κ3) is 3.97. The highest BCUT2D eigenvalue weighted by Gasteiger charge is 2.18. The number of methoxy groups -OCH3 is 1. The van der Waals surface area contributed by atoms with E-state index in [9.17, 15) is 4.79 Å². The molecule has 10 heteroatoms. The maximum Gasteiger partial charge on any atom is 0.276 e. The van der Waals surface area contributed by atoms with E-state index in [0.717, 1.165) is 18.8 Å². The highest BCUT2D eigenvalue weighted by Crippen LogP contribution is 2.26. The first-order chi connectivity index (χ1) is 13.7. The zero-order valence-electron chi connectivity index (χ0n) is 15.3. The Morgan fingerprint density at radius 1 is 1.32 bits per heavy atom. The molecule has 1 N–H and O–H groups in total. The third-order valence-electron chi connectivity index (χ3n) is 4.29. The molecule has 0 bridgehead atoms. The molecule has 1 aliphatic rings. The number of nitrogens with zero attached hydrogens (tertiary/aromatic N) is 4. The zero-order chi connectivity index (χ0) is 19.3. The van der Waals surface area contributed by atoms with Crippen molar-refractivity contribution >= 4 is 22.9 Å². The van der Waals surface area contributed by atoms with Crippen LogP contribution >= 0.6 is 11.3 Å². The van der Waals surface area contributed by atoms with Crippen LogP contribution in [0.25, 0.3) is 10.9 Å². The Morgan fingerprint density at radius 3 is 2.93 bits per heavy atom. The van der Waals surface area contributed by atoms with E-state index < -0.39 is 0 Å². The summed E-state index contributed by atoms with van der Waals surface area (Å²) in [5.74, 6) is 0.879. The van der Waals surface area contributed by atoms with E-state index in [2.05, 4.69) is 25.4 Å². The number of amides is 1. The first-order valence-electron chi connectivity index (χ1n) is 8.76. The third-order valence-corrected chi connectivity index (χ3v) is 5.05. The highest BCUT2D eigenvalue weighted by molar-refractivity contribution is 7.12. The molecular formula is C18H19N5O4S. The van der Waals surface area contributed by atoms with E-state index in [4.69, 9.17) is 13.9 Å². The van der Waals surface area contributed by atoms with Gasteiger partial charge in [0.15, 0.2) is 5.01 Å². The summed E-state index contributed by atoms with van der Waals surface area (Å²) in [7, 11) is 1.55. The van der Waals surface area contributed by atoms with Crippen LogP contribution in [0.2, 0.25) is 0 Å². The second-order valence-electron chi connectivity index (χ2n) is 6.00. The van der Waals surface area contributed by atoms with E-state index in [0.29, 0.717) is 41.3 Å². The molecule has 146 valence electrons. The molecule has 1 saturated heterocycles. The second-order valence-corrected chi connectivity index (χ2v) is 6.90. The average molecular weight is 401 g/mol. The van der Waals surface area contributed by atoms with Gasteiger partial charge in [-0.25, -0.2) is 4.98 Å². The highest BCUT2D eigenvalue weighted by atomic mass is 32.1. The first kappa shape index (κ1) is 18.4. The molecule has 0 atom stereocenters. The number of anilines is 1. The summed E-state index contributed by atoms with van der Waals surface area (Å²) < 4.78 is 16.3. The maximum atomic E-state index is 12.6. The minimum absolute atomic E-state index is 0.117. The Bertz CT molecular complexity index is 937. The van der Waals surface area contributed by atoms with Crippen molar-refractivity contribution in [2.24, 2.45) is 0 Å². The lowest BCUT2D eigenvalue weighted by atomic mass is 10.1. The largest absolute Gasteiger partial charge is 0.496 e. The molecule has 0 unspecified atom stereocenters. The van der Waals surface area contributed by atoms with Crippen molar-refractivity contribution in [3.63, 3.8) is 0 Å². The molecule has 1 aliphatic heterocycles. The summed E-state index contributed by atoms with van der Waals surface area (Å²) in [6, 6.07) is 5.54. The van der Waals surface area contributed by atoms with Gasteiger partial charge in [-0.05, 0) is 12.1 Å². The lowest BCUT2D eigenvalue weighted by Gasteiger charge is -2.29. The normalized spacial score (nSPS) is 14.1. The molecule has 3 heterocycles. The van der Waals surface area contributed by atoms with Crippen LogP contribution in [0.5, 0.6) is 5.75 Å². The number of carbonyl (C=O) groups excluding carboxylic acids is 1. The fourth-order valence-corrected chi connectivity index (χ4v) is 3.43. The van der Waals surface area contributed by atoms with Crippen LogP contribution in [-0.4, -0.2) is 54.5 Å². The van der Waals surface area contributed by atoms with Gasteiger partial charge in [0, 0.05) is 36.4 Å². The molecule has 4 rings (SSSR count). The van der Waals surface area contributed by atoms with Gasteiger partial charge in [-0.2, -0.15) is 0 Å². The molecule has 9 nitrogen and oxygen atoms in total. The number of aromatic nitrogens is 3. The smallest absolute Gasteiger partial charge is 0.276 e. The van der Waals surface area contributed by atoms with Gasteiger partial charge < -0.3 is 24.1 Å². The lowest BCUT2D eigenvalue weighted by molar-refractivity contribution is 0.0944. The van der Waals surface area contributed by atoms with Gasteiger partial charge in [0.25, 0.3) is 11.8 Å². The Hall–Kier alpha value is -2.98. The average Bonchev–Trinajstić information content (AvgIpc) is 3.44. The van der Waals surface area contributed by atoms with E-state index in [1.54, 1.807) is 19.4 Å². The number of rotatable bonds is 6. The van der Waals surface area contributed by atoms with Crippen LogP contribution < -0.4 is 15.0 Å². The molecule has 1 amide bonds. The maximum absolute atomic E-state index is 12.6. The van der Waals surface area contributed by atoms with E-state index in [-0.39, 0.29) is 12.5 Å². The molecule has 0 radical (unpaired) electrons. The number of nitrogens with one attached hydrogen (secondary N) is 1. The minimum atomic E-state index is -0.278. The molecule has 2 aromatic heterocycles. The van der Waals surface area contributed by atoms with Crippen molar-refractivity contribution in [1.29, 1.82) is 0 Å². The summed E-state index contributed by atoms with van der Waals surface area (Å²) in [5.41, 5.74) is 1.45. The van der Waals surface area contributed by atoms with Crippen LogP contribution in [0.1, 0.15) is 16.2 Å². The van der Waals surface area contributed by atoms with Crippen LogP contribution in [0.15, 0.2) is 34.2 Å². The number of morpholine rings is 1. The van der Waals surface area contributed by atoms with Crippen molar-refractivity contribution in [2.75, 3.05) is 38.3 Å².